The third-order valence-corrected chi connectivity index (χ3v) is 3.46. The van der Waals surface area contributed by atoms with Gasteiger partial charge in [0.25, 0.3) is 0 Å². The predicted octanol–water partition coefficient (Wildman–Crippen LogP) is 2.82. The number of carboxylic acids is 1. The van der Waals surface area contributed by atoms with Gasteiger partial charge in [-0.15, -0.1) is 0 Å². The van der Waals surface area contributed by atoms with E-state index in [1.54, 1.807) is 42.5 Å². The lowest BCUT2D eigenvalue weighted by Crippen LogP contribution is -2.15. The number of methoxy groups -OCH3 is 2. The Bertz CT molecular complexity index is 666. The van der Waals surface area contributed by atoms with Gasteiger partial charge in [0.2, 0.25) is 0 Å². The number of ether oxygens (including phenoxy) is 2. The van der Waals surface area contributed by atoms with Crippen LogP contribution < -0.4 is 9.47 Å². The number of carboxylic acid groups (broad SMARTS) is 1. The zero-order valence-electron chi connectivity index (χ0n) is 12.4. The Balaban J connectivity index is 2.41. The Morgan fingerprint density at radius 2 is 1.91 bits per heavy atom. The van der Waals surface area contributed by atoms with Gasteiger partial charge in [-0.1, -0.05) is 12.1 Å². The largest absolute Gasteiger partial charge is 0.508 e. The lowest BCUT2D eigenvalue weighted by molar-refractivity contribution is -0.138. The summed E-state index contributed by atoms with van der Waals surface area (Å²) in [5.41, 5.74) is 1.27. The molecular weight excluding hydrogens is 284 g/mol. The van der Waals surface area contributed by atoms with Crippen LogP contribution in [0.1, 0.15) is 17.0 Å². The Morgan fingerprint density at radius 3 is 2.50 bits per heavy atom. The van der Waals surface area contributed by atoms with Crippen molar-refractivity contribution in [3.05, 3.63) is 53.6 Å². The molecule has 0 radical (unpaired) electrons. The van der Waals surface area contributed by atoms with Gasteiger partial charge in [-0.3, -0.25) is 4.79 Å². The molecule has 2 aromatic carbocycles. The van der Waals surface area contributed by atoms with Crippen molar-refractivity contribution in [1.82, 2.24) is 0 Å². The second kappa shape index (κ2) is 6.85. The highest BCUT2D eigenvalue weighted by Crippen LogP contribution is 2.33. The average Bonchev–Trinajstić information content (AvgIpc) is 2.51. The molecule has 0 fully saturated rings. The fourth-order valence-electron chi connectivity index (χ4n) is 2.36. The molecule has 1 unspecified atom stereocenters. The molecule has 0 saturated heterocycles. The van der Waals surface area contributed by atoms with E-state index in [1.165, 1.54) is 14.2 Å². The van der Waals surface area contributed by atoms with Crippen LogP contribution in [0.2, 0.25) is 0 Å². The number of aliphatic carboxylic acids is 1. The Morgan fingerprint density at radius 1 is 1.14 bits per heavy atom. The number of rotatable bonds is 6. The maximum Gasteiger partial charge on any atom is 0.311 e. The Hall–Kier alpha value is -2.69. The summed E-state index contributed by atoms with van der Waals surface area (Å²) in [4.78, 5) is 11.7. The highest BCUT2D eigenvalue weighted by atomic mass is 16.5. The zero-order valence-corrected chi connectivity index (χ0v) is 12.4. The highest BCUT2D eigenvalue weighted by Gasteiger charge is 2.24. The number of phenols is 1. The molecule has 2 N–H and O–H groups in total. The summed E-state index contributed by atoms with van der Waals surface area (Å²) >= 11 is 0. The van der Waals surface area contributed by atoms with Crippen LogP contribution in [-0.2, 0) is 11.2 Å². The first-order valence-electron chi connectivity index (χ1n) is 6.77. The van der Waals surface area contributed by atoms with Crippen molar-refractivity contribution in [3.8, 4) is 17.2 Å². The van der Waals surface area contributed by atoms with Crippen molar-refractivity contribution in [2.45, 2.75) is 12.3 Å². The number of hydrogen-bond donors (Lipinski definition) is 2. The van der Waals surface area contributed by atoms with Gasteiger partial charge in [-0.05, 0) is 42.3 Å². The molecule has 0 aliphatic heterocycles. The maximum absolute atomic E-state index is 11.7. The van der Waals surface area contributed by atoms with E-state index in [2.05, 4.69) is 0 Å². The highest BCUT2D eigenvalue weighted by molar-refractivity contribution is 5.78. The van der Waals surface area contributed by atoms with E-state index in [1.807, 2.05) is 0 Å². The molecule has 0 amide bonds. The van der Waals surface area contributed by atoms with Crippen LogP contribution in [0.5, 0.6) is 17.2 Å². The molecule has 0 heterocycles. The van der Waals surface area contributed by atoms with E-state index in [0.717, 1.165) is 5.56 Å². The van der Waals surface area contributed by atoms with Gasteiger partial charge in [-0.25, -0.2) is 0 Å². The standard InChI is InChI=1S/C17H18O5/c1-21-13-6-7-16(22-2)14(10-13)15(17(19)20)9-11-4-3-5-12(18)8-11/h3-8,10,15,18H,9H2,1-2H3,(H,19,20). The Kier molecular flexibility index (Phi) is 4.88. The number of aromatic hydroxyl groups is 1. The van der Waals surface area contributed by atoms with Gasteiger partial charge in [0.05, 0.1) is 20.1 Å². The number of hydrogen-bond acceptors (Lipinski definition) is 4. The van der Waals surface area contributed by atoms with Gasteiger partial charge in [-0.2, -0.15) is 0 Å². The SMILES string of the molecule is COc1ccc(OC)c(C(Cc2cccc(O)c2)C(=O)O)c1. The molecule has 0 aliphatic rings. The van der Waals surface area contributed by atoms with Crippen molar-refractivity contribution < 1.29 is 24.5 Å². The molecule has 116 valence electrons. The van der Waals surface area contributed by atoms with Crippen molar-refractivity contribution in [2.75, 3.05) is 14.2 Å². The molecule has 5 heteroatoms. The van der Waals surface area contributed by atoms with Crippen LogP contribution in [0.15, 0.2) is 42.5 Å². The molecule has 0 aromatic heterocycles. The van der Waals surface area contributed by atoms with E-state index in [-0.39, 0.29) is 12.2 Å². The van der Waals surface area contributed by atoms with Crippen molar-refractivity contribution in [2.24, 2.45) is 0 Å². The fourth-order valence-corrected chi connectivity index (χ4v) is 2.36. The molecule has 0 aliphatic carbocycles. The molecule has 2 rings (SSSR count). The van der Waals surface area contributed by atoms with Crippen LogP contribution in [0.3, 0.4) is 0 Å². The van der Waals surface area contributed by atoms with Gasteiger partial charge < -0.3 is 19.7 Å². The van der Waals surface area contributed by atoms with Gasteiger partial charge >= 0.3 is 5.97 Å². The Labute approximate surface area is 128 Å². The molecule has 0 spiro atoms. The summed E-state index contributed by atoms with van der Waals surface area (Å²) < 4.78 is 10.4. The van der Waals surface area contributed by atoms with E-state index in [0.29, 0.717) is 17.1 Å². The topological polar surface area (TPSA) is 76.0 Å². The smallest absolute Gasteiger partial charge is 0.311 e. The summed E-state index contributed by atoms with van der Waals surface area (Å²) in [6.07, 6.45) is 0.243. The van der Waals surface area contributed by atoms with Gasteiger partial charge in [0, 0.05) is 5.56 Å². The number of benzene rings is 2. The molecule has 0 saturated carbocycles. The van der Waals surface area contributed by atoms with E-state index >= 15 is 0 Å². The quantitative estimate of drug-likeness (QED) is 0.858. The summed E-state index contributed by atoms with van der Waals surface area (Å²) in [5.74, 6) is -0.590. The minimum atomic E-state index is -0.963. The van der Waals surface area contributed by atoms with Crippen LogP contribution in [0.4, 0.5) is 0 Å². The first-order valence-corrected chi connectivity index (χ1v) is 6.77. The molecule has 2 aromatic rings. The van der Waals surface area contributed by atoms with Crippen molar-refractivity contribution in [1.29, 1.82) is 0 Å². The van der Waals surface area contributed by atoms with Crippen LogP contribution in [0.25, 0.3) is 0 Å². The summed E-state index contributed by atoms with van der Waals surface area (Å²) in [6.45, 7) is 0. The minimum Gasteiger partial charge on any atom is -0.508 e. The molecule has 22 heavy (non-hydrogen) atoms. The lowest BCUT2D eigenvalue weighted by Gasteiger charge is -2.17. The maximum atomic E-state index is 11.7. The summed E-state index contributed by atoms with van der Waals surface area (Å²) in [5, 5.41) is 19.1. The summed E-state index contributed by atoms with van der Waals surface area (Å²) in [7, 11) is 3.02. The van der Waals surface area contributed by atoms with Crippen molar-refractivity contribution >= 4 is 5.97 Å². The molecular formula is C17H18O5. The zero-order chi connectivity index (χ0) is 16.1. The normalized spacial score (nSPS) is 11.7. The first kappa shape index (κ1) is 15.7. The number of carbonyl (C=O) groups is 1. The van der Waals surface area contributed by atoms with Crippen molar-refractivity contribution in [3.63, 3.8) is 0 Å². The average molecular weight is 302 g/mol. The predicted molar refractivity (Wildman–Crippen MR) is 81.7 cm³/mol. The molecule has 0 bridgehead atoms. The third kappa shape index (κ3) is 3.49. The van der Waals surface area contributed by atoms with Gasteiger partial charge in [0.1, 0.15) is 17.2 Å². The summed E-state index contributed by atoms with van der Waals surface area (Å²) in [6, 6.07) is 11.6. The molecule has 1 atom stereocenters. The van der Waals surface area contributed by atoms with Crippen LogP contribution in [0, 0.1) is 0 Å². The fraction of sp³-hybridized carbons (Fsp3) is 0.235. The second-order valence-corrected chi connectivity index (χ2v) is 4.87. The van der Waals surface area contributed by atoms with E-state index in [4.69, 9.17) is 9.47 Å². The van der Waals surface area contributed by atoms with Gasteiger partial charge in [0.15, 0.2) is 0 Å². The van der Waals surface area contributed by atoms with Crippen LogP contribution >= 0.6 is 0 Å². The minimum absolute atomic E-state index is 0.110. The second-order valence-electron chi connectivity index (χ2n) is 4.87. The van der Waals surface area contributed by atoms with E-state index in [9.17, 15) is 15.0 Å². The molecule has 5 nitrogen and oxygen atoms in total. The number of phenolic OH excluding ortho intramolecular Hbond substituents is 1. The van der Waals surface area contributed by atoms with Crippen LogP contribution in [-0.4, -0.2) is 30.4 Å². The first-order chi connectivity index (χ1) is 10.5. The van der Waals surface area contributed by atoms with E-state index < -0.39 is 11.9 Å². The lowest BCUT2D eigenvalue weighted by atomic mass is 9.91. The third-order valence-electron chi connectivity index (χ3n) is 3.46. The monoisotopic (exact) mass is 302 g/mol.